The van der Waals surface area contributed by atoms with Gasteiger partial charge in [0.25, 0.3) is 0 Å². The van der Waals surface area contributed by atoms with E-state index in [1.807, 2.05) is 0 Å². The van der Waals surface area contributed by atoms with Crippen LogP contribution in [0.2, 0.25) is 0 Å². The fraction of sp³-hybridized carbons (Fsp3) is 0.421. The van der Waals surface area contributed by atoms with Crippen LogP contribution in [0.5, 0.6) is 5.75 Å². The molecule has 146 valence electrons. The average Bonchev–Trinajstić information content (AvgIpc) is 3.09. The van der Waals surface area contributed by atoms with Crippen molar-refractivity contribution in [1.82, 2.24) is 0 Å². The molecule has 1 N–H and O–H groups in total. The van der Waals surface area contributed by atoms with E-state index in [1.165, 1.54) is 24.3 Å². The highest BCUT2D eigenvalue weighted by molar-refractivity contribution is 7.90. The topological polar surface area (TPSA) is 110 Å². The van der Waals surface area contributed by atoms with Crippen LogP contribution < -0.4 is 4.74 Å². The van der Waals surface area contributed by atoms with Crippen molar-refractivity contribution in [2.75, 3.05) is 12.9 Å². The third kappa shape index (κ3) is 6.02. The van der Waals surface area contributed by atoms with Crippen molar-refractivity contribution in [3.05, 3.63) is 36.4 Å². The molecule has 0 bridgehead atoms. The summed E-state index contributed by atoms with van der Waals surface area (Å²) in [7, 11) is -3.28. The number of carboxylic acid groups (broad SMARTS) is 1. The highest BCUT2D eigenvalue weighted by Crippen LogP contribution is 2.27. The third-order valence-corrected chi connectivity index (χ3v) is 5.44. The molecule has 1 aromatic carbocycles. The zero-order valence-corrected chi connectivity index (χ0v) is 15.9. The molecule has 1 heterocycles. The van der Waals surface area contributed by atoms with Gasteiger partial charge in [-0.25, -0.2) is 8.42 Å². The minimum atomic E-state index is -3.28. The van der Waals surface area contributed by atoms with Gasteiger partial charge in [-0.3, -0.25) is 14.6 Å². The van der Waals surface area contributed by atoms with E-state index in [0.29, 0.717) is 31.4 Å². The maximum atomic E-state index is 12.7. The van der Waals surface area contributed by atoms with E-state index in [1.54, 1.807) is 18.4 Å². The minimum Gasteiger partial charge on any atom is -0.486 e. The Balaban J connectivity index is 1.90. The fourth-order valence-electron chi connectivity index (χ4n) is 2.78. The summed E-state index contributed by atoms with van der Waals surface area (Å²) in [6.45, 7) is -0.185. The number of Topliss-reactive ketones (excluding diaryl/α,β-unsaturated/α-hetero) is 1. The fourth-order valence-corrected chi connectivity index (χ4v) is 3.41. The molecule has 1 aliphatic heterocycles. The van der Waals surface area contributed by atoms with Gasteiger partial charge in [-0.1, -0.05) is 12.8 Å². The molecule has 1 unspecified atom stereocenters. The third-order valence-electron chi connectivity index (χ3n) is 4.32. The maximum Gasteiger partial charge on any atom is 0.303 e. The first-order valence-corrected chi connectivity index (χ1v) is 10.5. The Hall–Kier alpha value is -2.48. The number of carboxylic acids is 1. The molecule has 0 aromatic heterocycles. The number of hydrogen-bond acceptors (Lipinski definition) is 6. The zero-order chi connectivity index (χ0) is 19.9. The van der Waals surface area contributed by atoms with Crippen LogP contribution in [-0.4, -0.2) is 49.9 Å². The van der Waals surface area contributed by atoms with Gasteiger partial charge in [0.15, 0.2) is 9.84 Å². The van der Waals surface area contributed by atoms with Gasteiger partial charge in [0.05, 0.1) is 4.90 Å². The number of hydrogen-bond donors (Lipinski definition) is 1. The van der Waals surface area contributed by atoms with Crippen LogP contribution in [0.4, 0.5) is 0 Å². The molecule has 2 rings (SSSR count). The summed E-state index contributed by atoms with van der Waals surface area (Å²) in [5, 5.41) is 8.66. The molecule has 1 aliphatic rings. The van der Waals surface area contributed by atoms with Crippen LogP contribution in [0.15, 0.2) is 46.3 Å². The van der Waals surface area contributed by atoms with Crippen LogP contribution in [0.25, 0.3) is 0 Å². The minimum absolute atomic E-state index is 0.118. The van der Waals surface area contributed by atoms with Gasteiger partial charge < -0.3 is 9.84 Å². The number of benzene rings is 1. The summed E-state index contributed by atoms with van der Waals surface area (Å²) >= 11 is 0. The van der Waals surface area contributed by atoms with Crippen molar-refractivity contribution < 1.29 is 27.9 Å². The number of ketones is 1. The first-order chi connectivity index (χ1) is 12.7. The highest BCUT2D eigenvalue weighted by atomic mass is 32.2. The molecule has 0 fully saturated rings. The number of carbonyl (C=O) groups is 2. The second kappa shape index (κ2) is 8.94. The lowest BCUT2D eigenvalue weighted by molar-refractivity contribution is -0.137. The Morgan fingerprint density at radius 3 is 2.41 bits per heavy atom. The van der Waals surface area contributed by atoms with E-state index in [2.05, 4.69) is 4.99 Å². The van der Waals surface area contributed by atoms with Crippen molar-refractivity contribution in [1.29, 1.82) is 0 Å². The lowest BCUT2D eigenvalue weighted by Gasteiger charge is -2.22. The number of sulfone groups is 1. The second-order valence-electron chi connectivity index (χ2n) is 6.47. The summed E-state index contributed by atoms with van der Waals surface area (Å²) in [4.78, 5) is 27.7. The molecule has 7 nitrogen and oxygen atoms in total. The van der Waals surface area contributed by atoms with E-state index in [9.17, 15) is 18.0 Å². The van der Waals surface area contributed by atoms with Gasteiger partial charge in [-0.2, -0.15) is 0 Å². The Morgan fingerprint density at radius 2 is 1.85 bits per heavy atom. The summed E-state index contributed by atoms with van der Waals surface area (Å²) in [5.41, 5.74) is -0.962. The highest BCUT2D eigenvalue weighted by Gasteiger charge is 2.36. The van der Waals surface area contributed by atoms with Crippen LogP contribution in [-0.2, 0) is 19.4 Å². The molecule has 0 radical (unpaired) electrons. The lowest BCUT2D eigenvalue weighted by atomic mass is 9.89. The molecule has 27 heavy (non-hydrogen) atoms. The Kier molecular flexibility index (Phi) is 6.90. The molecule has 1 atom stereocenters. The molecular formula is C19H23NO6S. The molecule has 0 aliphatic carbocycles. The Labute approximate surface area is 158 Å². The van der Waals surface area contributed by atoms with Gasteiger partial charge in [0.2, 0.25) is 5.78 Å². The SMILES string of the molecule is CS(=O)(=O)c1ccc(OCC(=O)C2(CCCCCC(=O)O)C=CC=N2)cc1. The molecular weight excluding hydrogens is 370 g/mol. The van der Waals surface area contributed by atoms with Crippen molar-refractivity contribution in [2.24, 2.45) is 4.99 Å². The number of aliphatic carboxylic acids is 1. The smallest absolute Gasteiger partial charge is 0.303 e. The van der Waals surface area contributed by atoms with Gasteiger partial charge >= 0.3 is 5.97 Å². The summed E-state index contributed by atoms with van der Waals surface area (Å²) in [6, 6.07) is 5.88. The molecule has 0 saturated heterocycles. The number of aliphatic imine (C=N–C) groups is 1. The molecule has 8 heteroatoms. The summed E-state index contributed by atoms with van der Waals surface area (Å²) in [6.07, 6.45) is 8.73. The second-order valence-corrected chi connectivity index (χ2v) is 8.49. The molecule has 1 aromatic rings. The predicted octanol–water partition coefficient (Wildman–Crippen LogP) is 2.45. The van der Waals surface area contributed by atoms with Gasteiger partial charge in [0.1, 0.15) is 17.9 Å². The van der Waals surface area contributed by atoms with Crippen LogP contribution >= 0.6 is 0 Å². The Bertz CT molecular complexity index is 827. The predicted molar refractivity (Wildman–Crippen MR) is 101 cm³/mol. The van der Waals surface area contributed by atoms with E-state index in [-0.39, 0.29) is 23.7 Å². The van der Waals surface area contributed by atoms with Crippen LogP contribution in [0.3, 0.4) is 0 Å². The van der Waals surface area contributed by atoms with E-state index in [0.717, 1.165) is 6.26 Å². The van der Waals surface area contributed by atoms with Gasteiger partial charge in [0, 0.05) is 18.9 Å². The average molecular weight is 393 g/mol. The van der Waals surface area contributed by atoms with Crippen LogP contribution in [0.1, 0.15) is 32.1 Å². The van der Waals surface area contributed by atoms with Gasteiger partial charge in [-0.05, 0) is 49.3 Å². The van der Waals surface area contributed by atoms with Gasteiger partial charge in [-0.15, -0.1) is 0 Å². The number of ether oxygens (including phenoxy) is 1. The van der Waals surface area contributed by atoms with E-state index in [4.69, 9.17) is 9.84 Å². The lowest BCUT2D eigenvalue weighted by Crippen LogP contribution is -2.37. The maximum absolute atomic E-state index is 12.7. The molecule has 0 spiro atoms. The Morgan fingerprint density at radius 1 is 1.15 bits per heavy atom. The van der Waals surface area contributed by atoms with Crippen molar-refractivity contribution >= 4 is 27.8 Å². The van der Waals surface area contributed by atoms with E-state index >= 15 is 0 Å². The number of carbonyl (C=O) groups excluding carboxylic acids is 1. The number of rotatable bonds is 11. The zero-order valence-electron chi connectivity index (χ0n) is 15.1. The molecule has 0 saturated carbocycles. The van der Waals surface area contributed by atoms with Crippen molar-refractivity contribution in [2.45, 2.75) is 42.5 Å². The van der Waals surface area contributed by atoms with E-state index < -0.39 is 21.3 Å². The monoisotopic (exact) mass is 393 g/mol. The number of unbranched alkanes of at least 4 members (excludes halogenated alkanes) is 2. The first-order valence-electron chi connectivity index (χ1n) is 8.64. The standard InChI is InChI=1S/C19H23NO6S/c1-27(24,25)16-9-7-15(8-10-16)26-14-17(21)19(12-5-13-20-19)11-4-2-3-6-18(22)23/h5,7-10,12-13H,2-4,6,11,14H2,1H3,(H,22,23). The molecule has 0 amide bonds. The summed E-state index contributed by atoms with van der Waals surface area (Å²) < 4.78 is 28.4. The first kappa shape index (κ1) is 20.8. The normalized spacial score (nSPS) is 18.6. The summed E-state index contributed by atoms with van der Waals surface area (Å²) in [5.74, 6) is -0.619. The number of allylic oxidation sites excluding steroid dienone is 1. The van der Waals surface area contributed by atoms with Crippen molar-refractivity contribution in [3.63, 3.8) is 0 Å². The number of nitrogens with zero attached hydrogens (tertiary/aromatic N) is 1. The quantitative estimate of drug-likeness (QED) is 0.578. The largest absolute Gasteiger partial charge is 0.486 e. The van der Waals surface area contributed by atoms with Crippen molar-refractivity contribution in [3.8, 4) is 5.75 Å². The van der Waals surface area contributed by atoms with Crippen LogP contribution in [0, 0.1) is 0 Å².